The highest BCUT2D eigenvalue weighted by Gasteiger charge is 2.44. The van der Waals surface area contributed by atoms with E-state index in [0.29, 0.717) is 19.1 Å². The predicted molar refractivity (Wildman–Crippen MR) is 76.2 cm³/mol. The maximum Gasteiger partial charge on any atom is 0.307 e. The van der Waals surface area contributed by atoms with Crippen LogP contribution in [0.4, 0.5) is 0 Å². The third kappa shape index (κ3) is 3.59. The molecule has 108 valence electrons. The molecule has 1 saturated carbocycles. The van der Waals surface area contributed by atoms with Gasteiger partial charge in [0.2, 0.25) is 5.91 Å². The number of carbonyl (C=O) groups is 2. The third-order valence-electron chi connectivity index (χ3n) is 3.67. The molecule has 0 spiro atoms. The Balaban J connectivity index is 1.80. The van der Waals surface area contributed by atoms with E-state index in [9.17, 15) is 9.59 Å². The molecule has 1 amide bonds. The Labute approximate surface area is 119 Å². The van der Waals surface area contributed by atoms with E-state index in [1.165, 1.54) is 5.56 Å². The minimum Gasteiger partial charge on any atom is -0.466 e. The zero-order valence-corrected chi connectivity index (χ0v) is 12.0. The van der Waals surface area contributed by atoms with Crippen molar-refractivity contribution in [2.75, 3.05) is 20.2 Å². The number of rotatable bonds is 6. The maximum atomic E-state index is 12.2. The van der Waals surface area contributed by atoms with Crippen LogP contribution in [0.15, 0.2) is 30.3 Å². The van der Waals surface area contributed by atoms with Gasteiger partial charge in [-0.15, -0.1) is 0 Å². The number of benzene rings is 1. The fourth-order valence-corrected chi connectivity index (χ4v) is 2.42. The highest BCUT2D eigenvalue weighted by molar-refractivity contribution is 5.83. The average molecular weight is 275 g/mol. The molecule has 0 N–H and O–H groups in total. The average Bonchev–Trinajstić information content (AvgIpc) is 3.25. The van der Waals surface area contributed by atoms with Crippen LogP contribution in [0.1, 0.15) is 31.2 Å². The molecule has 2 rings (SSSR count). The van der Waals surface area contributed by atoms with Crippen molar-refractivity contribution in [3.63, 3.8) is 0 Å². The normalized spacial score (nSPS) is 20.3. The monoisotopic (exact) mass is 275 g/mol. The van der Waals surface area contributed by atoms with Crippen LogP contribution < -0.4 is 0 Å². The number of amides is 1. The zero-order chi connectivity index (χ0) is 14.5. The second-order valence-corrected chi connectivity index (χ2v) is 5.17. The lowest BCUT2D eigenvalue weighted by Crippen LogP contribution is -2.31. The van der Waals surface area contributed by atoms with E-state index in [1.54, 1.807) is 18.9 Å². The van der Waals surface area contributed by atoms with Gasteiger partial charge in [0.1, 0.15) is 0 Å². The SMILES string of the molecule is CCOC(=O)CCN(C)C(=O)C1CC1c1ccccc1. The Morgan fingerprint density at radius 1 is 1.30 bits per heavy atom. The molecule has 0 aliphatic heterocycles. The molecule has 1 aromatic rings. The maximum absolute atomic E-state index is 12.2. The fraction of sp³-hybridized carbons (Fsp3) is 0.500. The van der Waals surface area contributed by atoms with Crippen LogP contribution in [0.2, 0.25) is 0 Å². The van der Waals surface area contributed by atoms with Gasteiger partial charge in [-0.05, 0) is 24.8 Å². The molecule has 0 radical (unpaired) electrons. The van der Waals surface area contributed by atoms with Crippen molar-refractivity contribution in [1.82, 2.24) is 4.90 Å². The number of esters is 1. The predicted octanol–water partition coefficient (Wildman–Crippen LogP) is 2.20. The summed E-state index contributed by atoms with van der Waals surface area (Å²) < 4.78 is 4.86. The summed E-state index contributed by atoms with van der Waals surface area (Å²) >= 11 is 0. The molecule has 1 fully saturated rings. The summed E-state index contributed by atoms with van der Waals surface area (Å²) in [4.78, 5) is 25.2. The minimum atomic E-state index is -0.248. The quantitative estimate of drug-likeness (QED) is 0.748. The second kappa shape index (κ2) is 6.55. The second-order valence-electron chi connectivity index (χ2n) is 5.17. The van der Waals surface area contributed by atoms with Crippen molar-refractivity contribution >= 4 is 11.9 Å². The first kappa shape index (κ1) is 14.6. The molecule has 1 aromatic carbocycles. The van der Waals surface area contributed by atoms with Crippen LogP contribution in [0, 0.1) is 5.92 Å². The Hall–Kier alpha value is -1.84. The van der Waals surface area contributed by atoms with Crippen LogP contribution in [-0.2, 0) is 14.3 Å². The lowest BCUT2D eigenvalue weighted by Gasteiger charge is -2.16. The standard InChI is InChI=1S/C16H21NO3/c1-3-20-15(18)9-10-17(2)16(19)14-11-13(14)12-7-5-4-6-8-12/h4-8,13-14H,3,9-11H2,1-2H3. The first-order valence-corrected chi connectivity index (χ1v) is 7.09. The molecule has 0 saturated heterocycles. The molecule has 0 bridgehead atoms. The van der Waals surface area contributed by atoms with E-state index in [-0.39, 0.29) is 24.2 Å². The number of hydrogen-bond acceptors (Lipinski definition) is 3. The Kier molecular flexibility index (Phi) is 4.77. The van der Waals surface area contributed by atoms with Gasteiger partial charge in [-0.3, -0.25) is 9.59 Å². The summed E-state index contributed by atoms with van der Waals surface area (Å²) in [5.74, 6) is 0.295. The molecule has 0 aromatic heterocycles. The van der Waals surface area contributed by atoms with E-state index in [0.717, 1.165) is 6.42 Å². The van der Waals surface area contributed by atoms with Crippen LogP contribution >= 0.6 is 0 Å². The number of nitrogens with zero attached hydrogens (tertiary/aromatic N) is 1. The topological polar surface area (TPSA) is 46.6 Å². The third-order valence-corrected chi connectivity index (χ3v) is 3.67. The molecule has 1 aliphatic rings. The number of carbonyl (C=O) groups excluding carboxylic acids is 2. The first-order chi connectivity index (χ1) is 9.63. The smallest absolute Gasteiger partial charge is 0.307 e. The summed E-state index contributed by atoms with van der Waals surface area (Å²) in [6.45, 7) is 2.59. The molecule has 0 heterocycles. The van der Waals surface area contributed by atoms with E-state index in [2.05, 4.69) is 12.1 Å². The van der Waals surface area contributed by atoms with Crippen molar-refractivity contribution < 1.29 is 14.3 Å². The Bertz CT molecular complexity index is 472. The molecule has 20 heavy (non-hydrogen) atoms. The highest BCUT2D eigenvalue weighted by Crippen LogP contribution is 2.48. The summed E-state index contributed by atoms with van der Waals surface area (Å²) in [5, 5.41) is 0. The lowest BCUT2D eigenvalue weighted by molar-refractivity contribution is -0.144. The highest BCUT2D eigenvalue weighted by atomic mass is 16.5. The molecule has 4 nitrogen and oxygen atoms in total. The van der Waals surface area contributed by atoms with Gasteiger partial charge in [0.05, 0.1) is 13.0 Å². The lowest BCUT2D eigenvalue weighted by atomic mass is 10.1. The molecule has 1 aliphatic carbocycles. The number of ether oxygens (including phenoxy) is 1. The van der Waals surface area contributed by atoms with Crippen LogP contribution in [0.3, 0.4) is 0 Å². The van der Waals surface area contributed by atoms with Crippen molar-refractivity contribution in [3.8, 4) is 0 Å². The number of hydrogen-bond donors (Lipinski definition) is 0. The van der Waals surface area contributed by atoms with Gasteiger partial charge < -0.3 is 9.64 Å². The van der Waals surface area contributed by atoms with Crippen LogP contribution in [0.5, 0.6) is 0 Å². The van der Waals surface area contributed by atoms with Crippen molar-refractivity contribution in [1.29, 1.82) is 0 Å². The molecular formula is C16H21NO3. The molecular weight excluding hydrogens is 254 g/mol. The van der Waals surface area contributed by atoms with Crippen LogP contribution in [-0.4, -0.2) is 37.0 Å². The van der Waals surface area contributed by atoms with Crippen LogP contribution in [0.25, 0.3) is 0 Å². The molecule has 4 heteroatoms. The van der Waals surface area contributed by atoms with E-state index in [1.807, 2.05) is 18.2 Å². The molecule has 2 atom stereocenters. The van der Waals surface area contributed by atoms with Crippen molar-refractivity contribution in [2.45, 2.75) is 25.7 Å². The van der Waals surface area contributed by atoms with Gasteiger partial charge in [0, 0.05) is 19.5 Å². The fourth-order valence-electron chi connectivity index (χ4n) is 2.42. The van der Waals surface area contributed by atoms with Gasteiger partial charge in [0.15, 0.2) is 0 Å². The van der Waals surface area contributed by atoms with E-state index >= 15 is 0 Å². The van der Waals surface area contributed by atoms with Gasteiger partial charge >= 0.3 is 5.97 Å². The van der Waals surface area contributed by atoms with Gasteiger partial charge in [0.25, 0.3) is 0 Å². The summed E-state index contributed by atoms with van der Waals surface area (Å²) in [6.07, 6.45) is 1.17. The summed E-state index contributed by atoms with van der Waals surface area (Å²) in [5.41, 5.74) is 1.23. The first-order valence-electron chi connectivity index (χ1n) is 7.09. The van der Waals surface area contributed by atoms with Gasteiger partial charge in [-0.1, -0.05) is 30.3 Å². The Morgan fingerprint density at radius 2 is 2.00 bits per heavy atom. The minimum absolute atomic E-state index is 0.0737. The van der Waals surface area contributed by atoms with Crippen molar-refractivity contribution in [2.24, 2.45) is 5.92 Å². The Morgan fingerprint density at radius 3 is 2.65 bits per heavy atom. The summed E-state index contributed by atoms with van der Waals surface area (Å²) in [7, 11) is 1.75. The largest absolute Gasteiger partial charge is 0.466 e. The van der Waals surface area contributed by atoms with Gasteiger partial charge in [-0.2, -0.15) is 0 Å². The van der Waals surface area contributed by atoms with Crippen molar-refractivity contribution in [3.05, 3.63) is 35.9 Å². The zero-order valence-electron chi connectivity index (χ0n) is 12.0. The summed E-state index contributed by atoms with van der Waals surface area (Å²) in [6, 6.07) is 10.1. The molecule has 2 unspecified atom stereocenters. The van der Waals surface area contributed by atoms with Gasteiger partial charge in [-0.25, -0.2) is 0 Å². The van der Waals surface area contributed by atoms with E-state index < -0.39 is 0 Å². The van der Waals surface area contributed by atoms with E-state index in [4.69, 9.17) is 4.74 Å².